The van der Waals surface area contributed by atoms with E-state index in [0.29, 0.717) is 23.8 Å². The topological polar surface area (TPSA) is 60.9 Å². The number of hydrogen-bond acceptors (Lipinski definition) is 3. The summed E-state index contributed by atoms with van der Waals surface area (Å²) in [4.78, 5) is 41.8. The van der Waals surface area contributed by atoms with Crippen molar-refractivity contribution < 1.29 is 14.4 Å². The van der Waals surface area contributed by atoms with Gasteiger partial charge >= 0.3 is 6.03 Å². The van der Waals surface area contributed by atoms with Gasteiger partial charge in [-0.25, -0.2) is 4.79 Å². The van der Waals surface area contributed by atoms with E-state index in [-0.39, 0.29) is 30.3 Å². The number of rotatable bonds is 2. The van der Waals surface area contributed by atoms with Crippen molar-refractivity contribution in [2.45, 2.75) is 31.3 Å². The molecule has 0 N–H and O–H groups in total. The fraction of sp³-hybridized carbons (Fsp3) is 0.438. The van der Waals surface area contributed by atoms with Crippen LogP contribution in [0.3, 0.4) is 0 Å². The van der Waals surface area contributed by atoms with Gasteiger partial charge < -0.3 is 9.80 Å². The van der Waals surface area contributed by atoms with E-state index in [1.807, 2.05) is 6.07 Å². The maximum Gasteiger partial charge on any atom is 0.327 e. The summed E-state index contributed by atoms with van der Waals surface area (Å²) in [7, 11) is 0. The van der Waals surface area contributed by atoms with E-state index in [1.54, 1.807) is 28.0 Å². The third-order valence-corrected chi connectivity index (χ3v) is 5.16. The number of fused-ring (bicyclic) bond motifs is 1. The quantitative estimate of drug-likeness (QED) is 0.776. The number of nitrogens with zero attached hydrogens (tertiary/aromatic N) is 3. The molecule has 0 bridgehead atoms. The summed E-state index contributed by atoms with van der Waals surface area (Å²) in [6, 6.07) is 6.11. The second-order valence-corrected chi connectivity index (χ2v) is 6.56. The smallest absolute Gasteiger partial charge is 0.312 e. The molecular weight excluding hydrogens is 318 g/mol. The number of amides is 4. The number of carbonyl (C=O) groups is 3. The molecule has 1 aromatic rings. The molecule has 0 saturated carbocycles. The third kappa shape index (κ3) is 2.12. The molecule has 23 heavy (non-hydrogen) atoms. The van der Waals surface area contributed by atoms with Crippen LogP contribution in [-0.4, -0.2) is 52.8 Å². The van der Waals surface area contributed by atoms with Gasteiger partial charge in [0.2, 0.25) is 5.91 Å². The number of carbonyl (C=O) groups excluding carboxylic acids is 3. The average molecular weight is 334 g/mol. The van der Waals surface area contributed by atoms with Crippen LogP contribution in [0.4, 0.5) is 10.5 Å². The summed E-state index contributed by atoms with van der Waals surface area (Å²) >= 11 is 6.16. The molecule has 120 valence electrons. The molecule has 4 rings (SSSR count). The highest BCUT2D eigenvalue weighted by molar-refractivity contribution is 6.33. The maximum absolute atomic E-state index is 12.5. The molecule has 0 spiro atoms. The Bertz CT molecular complexity index is 686. The Hall–Kier alpha value is -2.08. The SMILES string of the molecule is O=C1C[C@H](N2C(=O)[C@@H]3CCCN3C2=O)CN1c1ccccc1Cl. The second kappa shape index (κ2) is 5.23. The molecule has 3 heterocycles. The predicted molar refractivity (Wildman–Crippen MR) is 84.2 cm³/mol. The molecule has 0 radical (unpaired) electrons. The van der Waals surface area contributed by atoms with E-state index in [4.69, 9.17) is 11.6 Å². The molecule has 2 atom stereocenters. The standard InChI is InChI=1S/C16H16ClN3O3/c17-11-4-1-2-5-12(11)19-9-10(8-14(19)21)20-15(22)13-6-3-7-18(13)16(20)23/h1-2,4-5,10,13H,3,6-9H2/t10-,13-/m0/s1. The van der Waals surface area contributed by atoms with Crippen LogP contribution >= 0.6 is 11.6 Å². The minimum absolute atomic E-state index is 0.115. The first-order valence-electron chi connectivity index (χ1n) is 7.76. The zero-order valence-electron chi connectivity index (χ0n) is 12.4. The molecule has 0 aromatic heterocycles. The average Bonchev–Trinajstić information content (AvgIpc) is 3.19. The van der Waals surface area contributed by atoms with Gasteiger partial charge in [0.05, 0.1) is 16.8 Å². The number of anilines is 1. The molecule has 6 nitrogen and oxygen atoms in total. The summed E-state index contributed by atoms with van der Waals surface area (Å²) in [6.07, 6.45) is 1.74. The number of halogens is 1. The number of hydrogen-bond donors (Lipinski definition) is 0. The van der Waals surface area contributed by atoms with Gasteiger partial charge in [0.25, 0.3) is 5.91 Å². The van der Waals surface area contributed by atoms with Gasteiger partial charge in [-0.15, -0.1) is 0 Å². The van der Waals surface area contributed by atoms with Crippen molar-refractivity contribution in [3.63, 3.8) is 0 Å². The highest BCUT2D eigenvalue weighted by Gasteiger charge is 2.52. The molecule has 3 saturated heterocycles. The van der Waals surface area contributed by atoms with E-state index in [0.717, 1.165) is 12.8 Å². The van der Waals surface area contributed by atoms with Gasteiger partial charge in [0, 0.05) is 19.5 Å². The molecule has 3 fully saturated rings. The van der Waals surface area contributed by atoms with Crippen molar-refractivity contribution in [1.82, 2.24) is 9.80 Å². The molecule has 0 unspecified atom stereocenters. The molecule has 4 amide bonds. The van der Waals surface area contributed by atoms with Crippen LogP contribution in [0.5, 0.6) is 0 Å². The van der Waals surface area contributed by atoms with Crippen molar-refractivity contribution >= 4 is 35.1 Å². The molecule has 0 aliphatic carbocycles. The number of urea groups is 1. The van der Waals surface area contributed by atoms with E-state index in [2.05, 4.69) is 0 Å². The van der Waals surface area contributed by atoms with Crippen LogP contribution in [0.25, 0.3) is 0 Å². The zero-order valence-corrected chi connectivity index (χ0v) is 13.2. The lowest BCUT2D eigenvalue weighted by Gasteiger charge is -2.23. The number of para-hydroxylation sites is 1. The molecule has 3 aliphatic heterocycles. The lowest BCUT2D eigenvalue weighted by atomic mass is 10.2. The lowest BCUT2D eigenvalue weighted by Crippen LogP contribution is -2.43. The highest BCUT2D eigenvalue weighted by atomic mass is 35.5. The van der Waals surface area contributed by atoms with E-state index < -0.39 is 6.04 Å². The van der Waals surface area contributed by atoms with Crippen LogP contribution in [0.2, 0.25) is 5.02 Å². The fourth-order valence-electron chi connectivity index (χ4n) is 3.75. The zero-order chi connectivity index (χ0) is 16.1. The maximum atomic E-state index is 12.5. The molecule has 1 aromatic carbocycles. The van der Waals surface area contributed by atoms with Crippen molar-refractivity contribution in [2.24, 2.45) is 0 Å². The minimum atomic E-state index is -0.413. The Morgan fingerprint density at radius 3 is 2.65 bits per heavy atom. The van der Waals surface area contributed by atoms with Crippen LogP contribution in [0.15, 0.2) is 24.3 Å². The summed E-state index contributed by atoms with van der Waals surface area (Å²) in [6.45, 7) is 0.932. The largest absolute Gasteiger partial charge is 0.327 e. The Morgan fingerprint density at radius 2 is 1.91 bits per heavy atom. The van der Waals surface area contributed by atoms with Crippen molar-refractivity contribution in [1.29, 1.82) is 0 Å². The first-order valence-corrected chi connectivity index (χ1v) is 8.14. The fourth-order valence-corrected chi connectivity index (χ4v) is 3.98. The van der Waals surface area contributed by atoms with Crippen LogP contribution < -0.4 is 4.90 Å². The van der Waals surface area contributed by atoms with Crippen LogP contribution in [0, 0.1) is 0 Å². The van der Waals surface area contributed by atoms with Crippen LogP contribution in [-0.2, 0) is 9.59 Å². The van der Waals surface area contributed by atoms with Gasteiger partial charge in [-0.1, -0.05) is 23.7 Å². The molecule has 3 aliphatic rings. The van der Waals surface area contributed by atoms with E-state index in [1.165, 1.54) is 4.90 Å². The Balaban J connectivity index is 1.58. The second-order valence-electron chi connectivity index (χ2n) is 6.16. The Kier molecular flexibility index (Phi) is 3.30. The van der Waals surface area contributed by atoms with Gasteiger partial charge in [0.1, 0.15) is 6.04 Å². The number of benzene rings is 1. The third-order valence-electron chi connectivity index (χ3n) is 4.84. The predicted octanol–water partition coefficient (Wildman–Crippen LogP) is 1.87. The van der Waals surface area contributed by atoms with E-state index in [9.17, 15) is 14.4 Å². The normalized spacial score (nSPS) is 27.3. The molecular formula is C16H16ClN3O3. The number of imide groups is 1. The van der Waals surface area contributed by atoms with Crippen LogP contribution in [0.1, 0.15) is 19.3 Å². The monoisotopic (exact) mass is 333 g/mol. The van der Waals surface area contributed by atoms with Gasteiger partial charge in [-0.3, -0.25) is 14.5 Å². The van der Waals surface area contributed by atoms with Crippen molar-refractivity contribution in [3.8, 4) is 0 Å². The van der Waals surface area contributed by atoms with Gasteiger partial charge in [0.15, 0.2) is 0 Å². The summed E-state index contributed by atoms with van der Waals surface area (Å²) in [5.74, 6) is -0.276. The lowest BCUT2D eigenvalue weighted by molar-refractivity contribution is -0.129. The summed E-state index contributed by atoms with van der Waals surface area (Å²) in [5.41, 5.74) is 0.626. The van der Waals surface area contributed by atoms with Crippen molar-refractivity contribution in [2.75, 3.05) is 18.0 Å². The van der Waals surface area contributed by atoms with Gasteiger partial charge in [-0.2, -0.15) is 0 Å². The Morgan fingerprint density at radius 1 is 1.13 bits per heavy atom. The summed E-state index contributed by atoms with van der Waals surface area (Å²) in [5, 5.41) is 0.487. The minimum Gasteiger partial charge on any atom is -0.312 e. The Labute approximate surface area is 138 Å². The van der Waals surface area contributed by atoms with Crippen molar-refractivity contribution in [3.05, 3.63) is 29.3 Å². The first-order chi connectivity index (χ1) is 11.1. The van der Waals surface area contributed by atoms with Gasteiger partial charge in [-0.05, 0) is 25.0 Å². The highest BCUT2D eigenvalue weighted by Crippen LogP contribution is 2.34. The summed E-state index contributed by atoms with van der Waals surface area (Å²) < 4.78 is 0. The first kappa shape index (κ1) is 14.5. The van der Waals surface area contributed by atoms with E-state index >= 15 is 0 Å². The molecule has 7 heteroatoms.